The van der Waals surface area contributed by atoms with Gasteiger partial charge in [-0.15, -0.1) is 0 Å². The second kappa shape index (κ2) is 5.99. The van der Waals surface area contributed by atoms with E-state index in [9.17, 15) is 13.5 Å². The van der Waals surface area contributed by atoms with E-state index in [-0.39, 0.29) is 26.5 Å². The van der Waals surface area contributed by atoms with Crippen LogP contribution in [0.5, 0.6) is 0 Å². The Morgan fingerprint density at radius 2 is 1.65 bits per heavy atom. The van der Waals surface area contributed by atoms with Crippen molar-refractivity contribution in [1.29, 1.82) is 0 Å². The Morgan fingerprint density at radius 3 is 2.15 bits per heavy atom. The molecule has 4 nitrogen and oxygen atoms in total. The van der Waals surface area contributed by atoms with Crippen molar-refractivity contribution in [3.05, 3.63) is 27.2 Å². The molecule has 0 aromatic heterocycles. The molecule has 1 aromatic carbocycles. The summed E-state index contributed by atoms with van der Waals surface area (Å²) >= 11 is 17.5. The Bertz CT molecular complexity index is 589. The quantitative estimate of drug-likeness (QED) is 0.868. The van der Waals surface area contributed by atoms with Crippen molar-refractivity contribution in [1.82, 2.24) is 4.72 Å². The number of halogens is 3. The lowest BCUT2D eigenvalue weighted by atomic mass is 10.0. The van der Waals surface area contributed by atoms with Gasteiger partial charge in [0.1, 0.15) is 4.90 Å². The second-order valence-electron chi connectivity index (χ2n) is 4.95. The fourth-order valence-corrected chi connectivity index (χ4v) is 4.96. The minimum atomic E-state index is -3.90. The van der Waals surface area contributed by atoms with Crippen LogP contribution in [0.25, 0.3) is 0 Å². The fourth-order valence-electron chi connectivity index (χ4n) is 2.30. The number of benzene rings is 1. The van der Waals surface area contributed by atoms with E-state index < -0.39 is 15.6 Å². The SMILES string of the molecule is O=S(=O)(NCC1(O)CCCC1)c1c(Cl)cc(Cl)cc1Cl. The maximum absolute atomic E-state index is 12.2. The highest BCUT2D eigenvalue weighted by Gasteiger charge is 2.33. The van der Waals surface area contributed by atoms with Crippen LogP contribution in [-0.4, -0.2) is 25.7 Å². The Morgan fingerprint density at radius 1 is 1.15 bits per heavy atom. The van der Waals surface area contributed by atoms with Crippen LogP contribution in [0.15, 0.2) is 17.0 Å². The molecule has 0 bridgehead atoms. The van der Waals surface area contributed by atoms with E-state index in [0.717, 1.165) is 12.8 Å². The maximum atomic E-state index is 12.2. The van der Waals surface area contributed by atoms with Crippen LogP contribution in [0.4, 0.5) is 0 Å². The van der Waals surface area contributed by atoms with E-state index in [0.29, 0.717) is 12.8 Å². The first-order valence-electron chi connectivity index (χ1n) is 6.10. The molecule has 1 fully saturated rings. The molecule has 0 aliphatic heterocycles. The van der Waals surface area contributed by atoms with E-state index in [1.54, 1.807) is 0 Å². The standard InChI is InChI=1S/C12H14Cl3NO3S/c13-8-5-9(14)11(10(15)6-8)20(18,19)16-7-12(17)3-1-2-4-12/h5-6,16-17H,1-4,7H2. The summed E-state index contributed by atoms with van der Waals surface area (Å²) in [6.45, 7) is -0.0510. The highest BCUT2D eigenvalue weighted by Crippen LogP contribution is 2.33. The highest BCUT2D eigenvalue weighted by atomic mass is 35.5. The summed E-state index contributed by atoms with van der Waals surface area (Å²) in [5.41, 5.74) is -0.988. The molecule has 1 aromatic rings. The summed E-state index contributed by atoms with van der Waals surface area (Å²) in [5, 5.41) is 10.3. The predicted octanol–water partition coefficient (Wildman–Crippen LogP) is 3.23. The first-order chi connectivity index (χ1) is 9.23. The zero-order chi connectivity index (χ0) is 15.0. The maximum Gasteiger partial charge on any atom is 0.243 e. The molecule has 0 spiro atoms. The van der Waals surface area contributed by atoms with Crippen LogP contribution in [-0.2, 0) is 10.0 Å². The Labute approximate surface area is 133 Å². The van der Waals surface area contributed by atoms with Gasteiger partial charge >= 0.3 is 0 Å². The van der Waals surface area contributed by atoms with Gasteiger partial charge in [0.2, 0.25) is 10.0 Å². The van der Waals surface area contributed by atoms with Crippen LogP contribution in [0.1, 0.15) is 25.7 Å². The molecule has 1 saturated carbocycles. The third-order valence-corrected chi connectivity index (χ3v) is 5.90. The summed E-state index contributed by atoms with van der Waals surface area (Å²) in [6, 6.07) is 2.63. The summed E-state index contributed by atoms with van der Waals surface area (Å²) in [7, 11) is -3.90. The smallest absolute Gasteiger partial charge is 0.243 e. The van der Waals surface area contributed by atoms with E-state index in [1.165, 1.54) is 12.1 Å². The van der Waals surface area contributed by atoms with Crippen LogP contribution >= 0.6 is 34.8 Å². The van der Waals surface area contributed by atoms with Crippen molar-refractivity contribution < 1.29 is 13.5 Å². The zero-order valence-electron chi connectivity index (χ0n) is 10.5. The van der Waals surface area contributed by atoms with Gasteiger partial charge in [0.15, 0.2) is 0 Å². The summed E-state index contributed by atoms with van der Waals surface area (Å²) < 4.78 is 26.9. The van der Waals surface area contributed by atoms with Gasteiger partial charge in [0.25, 0.3) is 0 Å². The number of hydrogen-bond donors (Lipinski definition) is 2. The molecule has 0 atom stereocenters. The molecule has 0 saturated heterocycles. The molecule has 0 amide bonds. The molecular formula is C12H14Cl3NO3S. The molecular weight excluding hydrogens is 345 g/mol. The Kier molecular flexibility index (Phi) is 4.89. The number of rotatable bonds is 4. The van der Waals surface area contributed by atoms with Gasteiger partial charge in [-0.25, -0.2) is 13.1 Å². The van der Waals surface area contributed by atoms with Crippen molar-refractivity contribution in [2.45, 2.75) is 36.2 Å². The lowest BCUT2D eigenvalue weighted by molar-refractivity contribution is 0.0532. The summed E-state index contributed by atoms with van der Waals surface area (Å²) in [5.74, 6) is 0. The molecule has 0 radical (unpaired) electrons. The van der Waals surface area contributed by atoms with Crippen molar-refractivity contribution in [3.8, 4) is 0 Å². The summed E-state index contributed by atoms with van der Waals surface area (Å²) in [6.07, 6.45) is 2.94. The molecule has 20 heavy (non-hydrogen) atoms. The molecule has 1 aliphatic carbocycles. The molecule has 8 heteroatoms. The third-order valence-electron chi connectivity index (χ3n) is 3.36. The number of sulfonamides is 1. The van der Waals surface area contributed by atoms with Crippen LogP contribution < -0.4 is 4.72 Å². The Hall–Kier alpha value is -0.0400. The lowest BCUT2D eigenvalue weighted by Crippen LogP contribution is -2.40. The molecule has 1 aliphatic rings. The minimum Gasteiger partial charge on any atom is -0.389 e. The second-order valence-corrected chi connectivity index (χ2v) is 7.91. The largest absolute Gasteiger partial charge is 0.389 e. The van der Waals surface area contributed by atoms with E-state index in [1.807, 2.05) is 0 Å². The van der Waals surface area contributed by atoms with Gasteiger partial charge in [-0.3, -0.25) is 0 Å². The number of aliphatic hydroxyl groups is 1. The minimum absolute atomic E-state index is 0.0478. The first kappa shape index (κ1) is 16.3. The van der Waals surface area contributed by atoms with Gasteiger partial charge < -0.3 is 5.11 Å². The molecule has 112 valence electrons. The third kappa shape index (κ3) is 3.59. The van der Waals surface area contributed by atoms with E-state index >= 15 is 0 Å². The van der Waals surface area contributed by atoms with Crippen molar-refractivity contribution in [3.63, 3.8) is 0 Å². The normalized spacial score (nSPS) is 18.4. The van der Waals surface area contributed by atoms with Crippen LogP contribution in [0.2, 0.25) is 15.1 Å². The average molecular weight is 359 g/mol. The average Bonchev–Trinajstić information content (AvgIpc) is 2.73. The van der Waals surface area contributed by atoms with Crippen LogP contribution in [0.3, 0.4) is 0 Å². The molecule has 0 heterocycles. The van der Waals surface area contributed by atoms with Gasteiger partial charge in [0, 0.05) is 11.6 Å². The van der Waals surface area contributed by atoms with Gasteiger partial charge in [-0.05, 0) is 25.0 Å². The van der Waals surface area contributed by atoms with Gasteiger partial charge in [0.05, 0.1) is 15.6 Å². The van der Waals surface area contributed by atoms with E-state index in [2.05, 4.69) is 4.72 Å². The predicted molar refractivity (Wildman–Crippen MR) is 80.1 cm³/mol. The first-order valence-corrected chi connectivity index (χ1v) is 8.72. The topological polar surface area (TPSA) is 66.4 Å². The molecule has 2 N–H and O–H groups in total. The molecule has 2 rings (SSSR count). The Balaban J connectivity index is 2.23. The van der Waals surface area contributed by atoms with Gasteiger partial charge in [-0.1, -0.05) is 47.6 Å². The van der Waals surface area contributed by atoms with E-state index in [4.69, 9.17) is 34.8 Å². The van der Waals surface area contributed by atoms with Crippen molar-refractivity contribution in [2.75, 3.05) is 6.54 Å². The number of hydrogen-bond acceptors (Lipinski definition) is 3. The highest BCUT2D eigenvalue weighted by molar-refractivity contribution is 7.89. The summed E-state index contributed by atoms with van der Waals surface area (Å²) in [4.78, 5) is -0.216. The van der Waals surface area contributed by atoms with Crippen LogP contribution in [0, 0.1) is 0 Å². The monoisotopic (exact) mass is 357 g/mol. The zero-order valence-corrected chi connectivity index (χ0v) is 13.6. The van der Waals surface area contributed by atoms with Crippen molar-refractivity contribution >= 4 is 44.8 Å². The molecule has 0 unspecified atom stereocenters. The lowest BCUT2D eigenvalue weighted by Gasteiger charge is -2.22. The number of nitrogens with one attached hydrogen (secondary N) is 1. The fraction of sp³-hybridized carbons (Fsp3) is 0.500. The van der Waals surface area contributed by atoms with Gasteiger partial charge in [-0.2, -0.15) is 0 Å². The van der Waals surface area contributed by atoms with Crippen molar-refractivity contribution in [2.24, 2.45) is 0 Å².